The average molecular weight is 477 g/mol. The molecule has 7 heteroatoms. The maximum absolute atomic E-state index is 12.9. The molecular weight excluding hydrogens is 440 g/mol. The number of para-hydroxylation sites is 1. The molecule has 0 saturated carbocycles. The fraction of sp³-hybridized carbons (Fsp3) is 0.464. The summed E-state index contributed by atoms with van der Waals surface area (Å²) in [6, 6.07) is 14.6. The lowest BCUT2D eigenvalue weighted by molar-refractivity contribution is -0.137. The van der Waals surface area contributed by atoms with E-state index >= 15 is 0 Å². The summed E-state index contributed by atoms with van der Waals surface area (Å²) in [7, 11) is 0. The number of nitrogens with zero attached hydrogens (tertiary/aromatic N) is 2. The Bertz CT molecular complexity index is 1040. The molecule has 0 unspecified atom stereocenters. The minimum atomic E-state index is -0.265. The maximum Gasteiger partial charge on any atom is 0.257 e. The number of carbonyl (C=O) groups is 3. The van der Waals surface area contributed by atoms with Crippen molar-refractivity contribution in [1.29, 1.82) is 0 Å². The zero-order valence-corrected chi connectivity index (χ0v) is 20.6. The van der Waals surface area contributed by atoms with Crippen LogP contribution in [-0.4, -0.2) is 60.2 Å². The van der Waals surface area contributed by atoms with E-state index in [9.17, 15) is 14.4 Å². The monoisotopic (exact) mass is 476 g/mol. The molecule has 2 aromatic carbocycles. The third-order valence-corrected chi connectivity index (χ3v) is 6.94. The summed E-state index contributed by atoms with van der Waals surface area (Å²) in [5, 5.41) is 5.82. The number of benzene rings is 2. The average Bonchev–Trinajstić information content (AvgIpc) is 3.14. The van der Waals surface area contributed by atoms with Gasteiger partial charge < -0.3 is 15.5 Å². The topological polar surface area (TPSA) is 81.8 Å². The highest BCUT2D eigenvalue weighted by Crippen LogP contribution is 2.22. The summed E-state index contributed by atoms with van der Waals surface area (Å²) in [5.41, 5.74) is 2.69. The van der Waals surface area contributed by atoms with Gasteiger partial charge in [0, 0.05) is 24.7 Å². The molecule has 2 aliphatic heterocycles. The van der Waals surface area contributed by atoms with E-state index in [1.54, 1.807) is 24.3 Å². The van der Waals surface area contributed by atoms with Crippen molar-refractivity contribution >= 4 is 29.1 Å². The van der Waals surface area contributed by atoms with Gasteiger partial charge in [0.25, 0.3) is 5.91 Å². The van der Waals surface area contributed by atoms with Crippen molar-refractivity contribution in [3.05, 3.63) is 59.7 Å². The van der Waals surface area contributed by atoms with Crippen LogP contribution < -0.4 is 10.6 Å². The van der Waals surface area contributed by atoms with Gasteiger partial charge in [-0.05, 0) is 75.5 Å². The van der Waals surface area contributed by atoms with E-state index in [0.29, 0.717) is 22.8 Å². The van der Waals surface area contributed by atoms with Crippen LogP contribution in [0.2, 0.25) is 0 Å². The highest BCUT2D eigenvalue weighted by molar-refractivity contribution is 6.10. The van der Waals surface area contributed by atoms with Gasteiger partial charge in [0.2, 0.25) is 11.8 Å². The molecule has 0 spiro atoms. The molecule has 2 aromatic rings. The largest absolute Gasteiger partial charge is 0.342 e. The zero-order valence-electron chi connectivity index (χ0n) is 20.6. The Morgan fingerprint density at radius 1 is 0.857 bits per heavy atom. The Labute approximate surface area is 207 Å². The van der Waals surface area contributed by atoms with Crippen molar-refractivity contribution in [1.82, 2.24) is 9.80 Å². The van der Waals surface area contributed by atoms with Gasteiger partial charge in [-0.1, -0.05) is 37.1 Å². The number of piperidine rings is 1. The number of aryl methyl sites for hydroxylation is 1. The van der Waals surface area contributed by atoms with Crippen molar-refractivity contribution in [3.63, 3.8) is 0 Å². The van der Waals surface area contributed by atoms with Crippen LogP contribution >= 0.6 is 0 Å². The summed E-state index contributed by atoms with van der Waals surface area (Å²) in [6.45, 7) is 5.45. The van der Waals surface area contributed by atoms with E-state index < -0.39 is 0 Å². The molecule has 0 radical (unpaired) electrons. The Morgan fingerprint density at radius 2 is 1.57 bits per heavy atom. The van der Waals surface area contributed by atoms with E-state index in [1.165, 1.54) is 12.8 Å². The van der Waals surface area contributed by atoms with Gasteiger partial charge in [-0.25, -0.2) is 0 Å². The summed E-state index contributed by atoms with van der Waals surface area (Å²) in [6.07, 6.45) is 6.22. The van der Waals surface area contributed by atoms with Crippen LogP contribution in [0.25, 0.3) is 0 Å². The van der Waals surface area contributed by atoms with E-state index in [-0.39, 0.29) is 24.3 Å². The number of nitrogens with one attached hydrogen (secondary N) is 2. The molecule has 2 N–H and O–H groups in total. The molecule has 2 aliphatic rings. The molecule has 0 aliphatic carbocycles. The summed E-state index contributed by atoms with van der Waals surface area (Å²) in [4.78, 5) is 42.7. The number of amides is 3. The van der Waals surface area contributed by atoms with Gasteiger partial charge in [-0.2, -0.15) is 0 Å². The SMILES string of the molecule is Cc1cccc(NC(=O)c2ccccc2NC(=O)CN2CCC(C(=O)N3CCCCCC3)CC2)c1. The van der Waals surface area contributed by atoms with Gasteiger partial charge in [0.1, 0.15) is 0 Å². The fourth-order valence-electron chi connectivity index (χ4n) is 4.99. The predicted octanol–water partition coefficient (Wildman–Crippen LogP) is 4.30. The van der Waals surface area contributed by atoms with Crippen molar-refractivity contribution in [2.45, 2.75) is 45.4 Å². The van der Waals surface area contributed by atoms with Crippen LogP contribution in [0.15, 0.2) is 48.5 Å². The molecule has 0 aromatic heterocycles. The maximum atomic E-state index is 12.9. The van der Waals surface area contributed by atoms with Gasteiger partial charge >= 0.3 is 0 Å². The lowest BCUT2D eigenvalue weighted by atomic mass is 9.95. The van der Waals surface area contributed by atoms with Gasteiger partial charge in [0.15, 0.2) is 0 Å². The minimum Gasteiger partial charge on any atom is -0.342 e. The molecule has 2 heterocycles. The van der Waals surface area contributed by atoms with E-state index in [1.807, 2.05) is 31.2 Å². The summed E-state index contributed by atoms with van der Waals surface area (Å²) in [5.74, 6) is -0.0551. The Morgan fingerprint density at radius 3 is 2.29 bits per heavy atom. The number of rotatable bonds is 6. The summed E-state index contributed by atoms with van der Waals surface area (Å²) < 4.78 is 0. The van der Waals surface area contributed by atoms with Gasteiger partial charge in [0.05, 0.1) is 17.8 Å². The molecule has 186 valence electrons. The Hall–Kier alpha value is -3.19. The lowest BCUT2D eigenvalue weighted by Crippen LogP contribution is -2.44. The minimum absolute atomic E-state index is 0.0680. The molecular formula is C28H36N4O3. The van der Waals surface area contributed by atoms with E-state index in [4.69, 9.17) is 0 Å². The number of carbonyl (C=O) groups excluding carboxylic acids is 3. The number of hydrogen-bond acceptors (Lipinski definition) is 4. The van der Waals surface area contributed by atoms with Crippen molar-refractivity contribution in [2.24, 2.45) is 5.92 Å². The molecule has 3 amide bonds. The third-order valence-electron chi connectivity index (χ3n) is 6.94. The standard InChI is InChI=1S/C28H36N4O3/c1-21-9-8-10-23(19-21)29-27(34)24-11-4-5-12-25(24)30-26(33)20-31-17-13-22(14-18-31)28(35)32-15-6-2-3-7-16-32/h4-5,8-12,19,22H,2-3,6-7,13-18,20H2,1H3,(H,29,34)(H,30,33). The highest BCUT2D eigenvalue weighted by Gasteiger charge is 2.29. The van der Waals surface area contributed by atoms with Crippen LogP contribution in [0.5, 0.6) is 0 Å². The highest BCUT2D eigenvalue weighted by atomic mass is 16.2. The molecule has 0 atom stereocenters. The lowest BCUT2D eigenvalue weighted by Gasteiger charge is -2.33. The van der Waals surface area contributed by atoms with Crippen LogP contribution in [0.3, 0.4) is 0 Å². The van der Waals surface area contributed by atoms with Crippen LogP contribution in [-0.2, 0) is 9.59 Å². The second-order valence-electron chi connectivity index (χ2n) is 9.71. The van der Waals surface area contributed by atoms with E-state index in [2.05, 4.69) is 20.4 Å². The smallest absolute Gasteiger partial charge is 0.257 e. The second-order valence-corrected chi connectivity index (χ2v) is 9.71. The summed E-state index contributed by atoms with van der Waals surface area (Å²) >= 11 is 0. The van der Waals surface area contributed by atoms with Crippen LogP contribution in [0, 0.1) is 12.8 Å². The normalized spacial score (nSPS) is 17.5. The number of hydrogen-bond donors (Lipinski definition) is 2. The molecule has 4 rings (SSSR count). The van der Waals surface area contributed by atoms with Gasteiger partial charge in [-0.15, -0.1) is 0 Å². The zero-order chi connectivity index (χ0) is 24.6. The quantitative estimate of drug-likeness (QED) is 0.651. The Kier molecular flexibility index (Phi) is 8.53. The van der Waals surface area contributed by atoms with Crippen molar-refractivity contribution < 1.29 is 14.4 Å². The second kappa shape index (κ2) is 12.0. The van der Waals surface area contributed by atoms with Crippen LogP contribution in [0.4, 0.5) is 11.4 Å². The first-order valence-corrected chi connectivity index (χ1v) is 12.8. The Balaban J connectivity index is 1.28. The number of likely N-dealkylation sites (tertiary alicyclic amines) is 2. The molecule has 2 saturated heterocycles. The molecule has 2 fully saturated rings. The first-order valence-electron chi connectivity index (χ1n) is 12.8. The number of anilines is 2. The molecule has 35 heavy (non-hydrogen) atoms. The molecule has 0 bridgehead atoms. The third kappa shape index (κ3) is 6.92. The predicted molar refractivity (Wildman–Crippen MR) is 138 cm³/mol. The van der Waals surface area contributed by atoms with E-state index in [0.717, 1.165) is 57.4 Å². The fourth-order valence-corrected chi connectivity index (χ4v) is 4.99. The first-order chi connectivity index (χ1) is 17.0. The first kappa shape index (κ1) is 24.9. The molecule has 7 nitrogen and oxygen atoms in total. The van der Waals surface area contributed by atoms with Crippen LogP contribution in [0.1, 0.15) is 54.4 Å². The van der Waals surface area contributed by atoms with Crippen molar-refractivity contribution in [2.75, 3.05) is 43.4 Å². The van der Waals surface area contributed by atoms with Crippen molar-refractivity contribution in [3.8, 4) is 0 Å². The van der Waals surface area contributed by atoms with Gasteiger partial charge in [-0.3, -0.25) is 19.3 Å².